The molecule has 0 atom stereocenters. The van der Waals surface area contributed by atoms with Crippen molar-refractivity contribution in [2.45, 2.75) is 40.0 Å². The van der Waals surface area contributed by atoms with Gasteiger partial charge < -0.3 is 5.32 Å². The molecule has 0 bridgehead atoms. The SMILES string of the molecule is C=C(C)CC(=C)/C=C(\C=C/C)NCCCC. The van der Waals surface area contributed by atoms with Gasteiger partial charge in [-0.2, -0.15) is 0 Å². The fourth-order valence-corrected chi connectivity index (χ4v) is 1.41. The maximum absolute atomic E-state index is 4.03. The van der Waals surface area contributed by atoms with E-state index in [1.807, 2.05) is 19.9 Å². The molecule has 0 rings (SSSR count). The summed E-state index contributed by atoms with van der Waals surface area (Å²) in [5.74, 6) is 0. The Morgan fingerprint density at radius 2 is 2.00 bits per heavy atom. The van der Waals surface area contributed by atoms with Crippen LogP contribution in [0.5, 0.6) is 0 Å². The van der Waals surface area contributed by atoms with Crippen LogP contribution in [-0.2, 0) is 0 Å². The molecule has 0 aliphatic rings. The van der Waals surface area contributed by atoms with E-state index in [0.29, 0.717) is 0 Å². The number of hydrogen-bond donors (Lipinski definition) is 1. The van der Waals surface area contributed by atoms with Crippen molar-refractivity contribution in [3.8, 4) is 0 Å². The summed E-state index contributed by atoms with van der Waals surface area (Å²) in [6, 6.07) is 0. The minimum atomic E-state index is 0.872. The van der Waals surface area contributed by atoms with Crippen LogP contribution in [0.4, 0.5) is 0 Å². The summed E-state index contributed by atoms with van der Waals surface area (Å²) in [4.78, 5) is 0. The summed E-state index contributed by atoms with van der Waals surface area (Å²) >= 11 is 0. The Morgan fingerprint density at radius 1 is 1.31 bits per heavy atom. The quantitative estimate of drug-likeness (QED) is 0.363. The fourth-order valence-electron chi connectivity index (χ4n) is 1.41. The first kappa shape index (κ1) is 14.8. The van der Waals surface area contributed by atoms with Crippen LogP contribution < -0.4 is 5.32 Å². The molecule has 16 heavy (non-hydrogen) atoms. The number of rotatable bonds is 8. The lowest BCUT2D eigenvalue weighted by Gasteiger charge is -2.08. The summed E-state index contributed by atoms with van der Waals surface area (Å²) in [6.07, 6.45) is 9.50. The van der Waals surface area contributed by atoms with Crippen molar-refractivity contribution in [3.05, 3.63) is 48.2 Å². The fraction of sp³-hybridized carbons (Fsp3) is 0.467. The summed E-state index contributed by atoms with van der Waals surface area (Å²) in [5, 5.41) is 3.41. The summed E-state index contributed by atoms with van der Waals surface area (Å²) in [5.41, 5.74) is 3.39. The van der Waals surface area contributed by atoms with Crippen LogP contribution in [0, 0.1) is 0 Å². The smallest absolute Gasteiger partial charge is 0.0339 e. The van der Waals surface area contributed by atoms with Crippen LogP contribution in [0.1, 0.15) is 40.0 Å². The second-order valence-electron chi connectivity index (χ2n) is 4.17. The number of unbranched alkanes of at least 4 members (excludes halogenated alkanes) is 1. The molecule has 0 unspecified atom stereocenters. The summed E-state index contributed by atoms with van der Waals surface area (Å²) in [6.45, 7) is 15.2. The van der Waals surface area contributed by atoms with Crippen LogP contribution >= 0.6 is 0 Å². The Balaban J connectivity index is 4.32. The van der Waals surface area contributed by atoms with Crippen molar-refractivity contribution in [2.24, 2.45) is 0 Å². The van der Waals surface area contributed by atoms with Crippen molar-refractivity contribution in [1.29, 1.82) is 0 Å². The van der Waals surface area contributed by atoms with Crippen LogP contribution in [0.25, 0.3) is 0 Å². The average molecular weight is 219 g/mol. The normalized spacial score (nSPS) is 11.8. The maximum Gasteiger partial charge on any atom is 0.0339 e. The van der Waals surface area contributed by atoms with Crippen LogP contribution in [0.15, 0.2) is 48.2 Å². The molecule has 0 aromatic carbocycles. The highest BCUT2D eigenvalue weighted by molar-refractivity contribution is 5.29. The second kappa shape index (κ2) is 9.02. The lowest BCUT2D eigenvalue weighted by molar-refractivity contribution is 0.719. The minimum Gasteiger partial charge on any atom is -0.385 e. The van der Waals surface area contributed by atoms with E-state index in [1.54, 1.807) is 0 Å². The molecule has 0 amide bonds. The van der Waals surface area contributed by atoms with Gasteiger partial charge in [-0.25, -0.2) is 0 Å². The van der Waals surface area contributed by atoms with E-state index < -0.39 is 0 Å². The van der Waals surface area contributed by atoms with Crippen LogP contribution in [-0.4, -0.2) is 6.54 Å². The van der Waals surface area contributed by atoms with Gasteiger partial charge in [0, 0.05) is 12.2 Å². The molecule has 0 saturated carbocycles. The number of allylic oxidation sites excluding steroid dienone is 5. The summed E-state index contributed by atoms with van der Waals surface area (Å²) in [7, 11) is 0. The Bertz CT molecular complexity index is 282. The third kappa shape index (κ3) is 8.10. The largest absolute Gasteiger partial charge is 0.385 e. The van der Waals surface area contributed by atoms with Gasteiger partial charge in [0.05, 0.1) is 0 Å². The van der Waals surface area contributed by atoms with E-state index in [1.165, 1.54) is 12.8 Å². The number of hydrogen-bond acceptors (Lipinski definition) is 1. The first-order valence-corrected chi connectivity index (χ1v) is 6.00. The van der Waals surface area contributed by atoms with Gasteiger partial charge in [-0.3, -0.25) is 0 Å². The third-order valence-electron chi connectivity index (χ3n) is 2.09. The zero-order valence-corrected chi connectivity index (χ0v) is 11.0. The molecule has 1 N–H and O–H groups in total. The minimum absolute atomic E-state index is 0.872. The van der Waals surface area contributed by atoms with Crippen molar-refractivity contribution in [3.63, 3.8) is 0 Å². The second-order valence-corrected chi connectivity index (χ2v) is 4.17. The molecule has 1 nitrogen and oxygen atoms in total. The van der Waals surface area contributed by atoms with Crippen molar-refractivity contribution >= 4 is 0 Å². The van der Waals surface area contributed by atoms with Gasteiger partial charge in [0.1, 0.15) is 0 Å². The van der Waals surface area contributed by atoms with Gasteiger partial charge in [0.15, 0.2) is 0 Å². The highest BCUT2D eigenvalue weighted by Gasteiger charge is 1.95. The molecule has 0 saturated heterocycles. The van der Waals surface area contributed by atoms with E-state index in [9.17, 15) is 0 Å². The topological polar surface area (TPSA) is 12.0 Å². The number of nitrogens with one attached hydrogen (secondary N) is 1. The van der Waals surface area contributed by atoms with Crippen LogP contribution in [0.3, 0.4) is 0 Å². The molecule has 0 spiro atoms. The summed E-state index contributed by atoms with van der Waals surface area (Å²) < 4.78 is 0. The van der Waals surface area contributed by atoms with E-state index in [-0.39, 0.29) is 0 Å². The molecule has 0 aromatic heterocycles. The molecule has 90 valence electrons. The Kier molecular flexibility index (Phi) is 8.32. The predicted octanol–water partition coefficient (Wildman–Crippen LogP) is 4.36. The molecule has 0 aliphatic carbocycles. The van der Waals surface area contributed by atoms with Crippen molar-refractivity contribution < 1.29 is 0 Å². The highest BCUT2D eigenvalue weighted by atomic mass is 14.9. The molecule has 0 aliphatic heterocycles. The van der Waals surface area contributed by atoms with E-state index in [0.717, 1.165) is 29.8 Å². The van der Waals surface area contributed by atoms with Crippen molar-refractivity contribution in [1.82, 2.24) is 5.32 Å². The van der Waals surface area contributed by atoms with Crippen molar-refractivity contribution in [2.75, 3.05) is 6.54 Å². The lowest BCUT2D eigenvalue weighted by atomic mass is 10.1. The predicted molar refractivity (Wildman–Crippen MR) is 74.4 cm³/mol. The van der Waals surface area contributed by atoms with Gasteiger partial charge in [-0.15, -0.1) is 0 Å². The van der Waals surface area contributed by atoms with Crippen LogP contribution in [0.2, 0.25) is 0 Å². The average Bonchev–Trinajstić information content (AvgIpc) is 2.16. The zero-order chi connectivity index (χ0) is 12.4. The van der Waals surface area contributed by atoms with Gasteiger partial charge in [0.25, 0.3) is 0 Å². The Hall–Kier alpha value is -1.24. The standard InChI is InChI=1S/C15H25N/c1-6-8-10-16-15(9-7-2)12-14(5)11-13(3)4/h7,9,12,16H,3,5-6,8,10-11H2,1-2,4H3/b9-7-,15-12+. The zero-order valence-electron chi connectivity index (χ0n) is 11.0. The van der Waals surface area contributed by atoms with Gasteiger partial charge >= 0.3 is 0 Å². The van der Waals surface area contributed by atoms with E-state index in [4.69, 9.17) is 0 Å². The molecule has 1 heteroatoms. The molecule has 0 heterocycles. The first-order valence-electron chi connectivity index (χ1n) is 6.00. The van der Waals surface area contributed by atoms with E-state index >= 15 is 0 Å². The molecule has 0 fully saturated rings. The van der Waals surface area contributed by atoms with Gasteiger partial charge in [-0.05, 0) is 44.4 Å². The molecular formula is C15H25N. The maximum atomic E-state index is 4.03. The van der Waals surface area contributed by atoms with E-state index in [2.05, 4.69) is 37.6 Å². The Morgan fingerprint density at radius 3 is 2.50 bits per heavy atom. The highest BCUT2D eigenvalue weighted by Crippen LogP contribution is 2.10. The third-order valence-corrected chi connectivity index (χ3v) is 2.09. The monoisotopic (exact) mass is 219 g/mol. The molecule has 0 radical (unpaired) electrons. The molecule has 0 aromatic rings. The lowest BCUT2D eigenvalue weighted by Crippen LogP contribution is -2.13. The van der Waals surface area contributed by atoms with Gasteiger partial charge in [0.2, 0.25) is 0 Å². The molecular weight excluding hydrogens is 194 g/mol. The van der Waals surface area contributed by atoms with Gasteiger partial charge in [-0.1, -0.05) is 38.2 Å². The Labute approximate surface area is 101 Å². The first-order chi connectivity index (χ1) is 7.60.